The van der Waals surface area contributed by atoms with E-state index in [2.05, 4.69) is 10.6 Å². The van der Waals surface area contributed by atoms with Crippen LogP contribution in [0.15, 0.2) is 24.3 Å². The normalized spacial score (nSPS) is 17.3. The highest BCUT2D eigenvalue weighted by atomic mass is 16.2. The molecule has 5 nitrogen and oxygen atoms in total. The maximum atomic E-state index is 12.2. The first-order valence-electron chi connectivity index (χ1n) is 6.98. The summed E-state index contributed by atoms with van der Waals surface area (Å²) >= 11 is 0. The number of hydrogen-bond donors (Lipinski definition) is 3. The number of anilines is 2. The van der Waals surface area contributed by atoms with Gasteiger partial charge in [0.2, 0.25) is 11.8 Å². The average Bonchev–Trinajstić information content (AvgIpc) is 2.41. The fourth-order valence-electron chi connectivity index (χ4n) is 2.51. The Hall–Kier alpha value is -1.88. The van der Waals surface area contributed by atoms with Gasteiger partial charge in [-0.2, -0.15) is 0 Å². The Labute approximate surface area is 118 Å². The molecule has 20 heavy (non-hydrogen) atoms. The molecule has 0 bridgehead atoms. The van der Waals surface area contributed by atoms with Gasteiger partial charge in [-0.1, -0.05) is 19.3 Å². The summed E-state index contributed by atoms with van der Waals surface area (Å²) in [6.45, 7) is 1.46. The van der Waals surface area contributed by atoms with E-state index < -0.39 is 5.54 Å². The van der Waals surface area contributed by atoms with E-state index >= 15 is 0 Å². The Morgan fingerprint density at radius 2 is 1.50 bits per heavy atom. The van der Waals surface area contributed by atoms with Gasteiger partial charge < -0.3 is 16.4 Å². The van der Waals surface area contributed by atoms with E-state index in [1.165, 1.54) is 6.92 Å². The van der Waals surface area contributed by atoms with Crippen molar-refractivity contribution in [2.24, 2.45) is 5.73 Å². The van der Waals surface area contributed by atoms with Crippen LogP contribution in [-0.2, 0) is 9.59 Å². The van der Waals surface area contributed by atoms with E-state index in [1.807, 2.05) is 0 Å². The summed E-state index contributed by atoms with van der Waals surface area (Å²) in [5.74, 6) is -0.241. The molecule has 1 aromatic rings. The van der Waals surface area contributed by atoms with Gasteiger partial charge in [-0.15, -0.1) is 0 Å². The molecule has 4 N–H and O–H groups in total. The molecule has 5 heteroatoms. The van der Waals surface area contributed by atoms with Crippen LogP contribution in [0.5, 0.6) is 0 Å². The van der Waals surface area contributed by atoms with Crippen LogP contribution in [0, 0.1) is 0 Å². The van der Waals surface area contributed by atoms with Gasteiger partial charge in [0.15, 0.2) is 0 Å². The van der Waals surface area contributed by atoms with Crippen LogP contribution in [0.25, 0.3) is 0 Å². The third-order valence-electron chi connectivity index (χ3n) is 3.66. The zero-order valence-electron chi connectivity index (χ0n) is 11.7. The third-order valence-corrected chi connectivity index (χ3v) is 3.66. The Morgan fingerprint density at radius 1 is 1.00 bits per heavy atom. The molecular weight excluding hydrogens is 254 g/mol. The van der Waals surface area contributed by atoms with Gasteiger partial charge in [0.25, 0.3) is 0 Å². The molecule has 0 aliphatic heterocycles. The monoisotopic (exact) mass is 275 g/mol. The molecule has 0 spiro atoms. The molecule has 1 aliphatic rings. The van der Waals surface area contributed by atoms with Crippen LogP contribution in [0.3, 0.4) is 0 Å². The summed E-state index contributed by atoms with van der Waals surface area (Å²) in [6, 6.07) is 7.02. The Balaban J connectivity index is 1.98. The maximum absolute atomic E-state index is 12.2. The number of nitrogens with two attached hydrogens (primary N) is 1. The minimum atomic E-state index is -0.742. The molecule has 0 saturated heterocycles. The van der Waals surface area contributed by atoms with Crippen molar-refractivity contribution in [1.82, 2.24) is 0 Å². The third kappa shape index (κ3) is 3.57. The molecule has 1 aliphatic carbocycles. The molecule has 1 aromatic carbocycles. The topological polar surface area (TPSA) is 84.2 Å². The summed E-state index contributed by atoms with van der Waals surface area (Å²) in [4.78, 5) is 23.2. The van der Waals surface area contributed by atoms with E-state index in [4.69, 9.17) is 5.73 Å². The second-order valence-corrected chi connectivity index (χ2v) is 5.43. The standard InChI is InChI=1S/C15H21N3O2/c1-11(19)17-12-5-7-13(8-6-12)18-14(20)15(16)9-3-2-4-10-15/h5-8H,2-4,9-10,16H2,1H3,(H,17,19)(H,18,20). The maximum Gasteiger partial charge on any atom is 0.244 e. The highest BCUT2D eigenvalue weighted by Crippen LogP contribution is 2.27. The van der Waals surface area contributed by atoms with E-state index in [0.717, 1.165) is 32.1 Å². The summed E-state index contributed by atoms with van der Waals surface area (Å²) in [6.07, 6.45) is 4.64. The highest BCUT2D eigenvalue weighted by molar-refractivity contribution is 5.98. The van der Waals surface area contributed by atoms with E-state index in [1.54, 1.807) is 24.3 Å². The zero-order valence-corrected chi connectivity index (χ0v) is 11.7. The summed E-state index contributed by atoms with van der Waals surface area (Å²) in [5.41, 5.74) is 6.83. The van der Waals surface area contributed by atoms with Crippen LogP contribution < -0.4 is 16.4 Å². The molecule has 0 atom stereocenters. The first-order valence-corrected chi connectivity index (χ1v) is 6.98. The molecule has 108 valence electrons. The van der Waals surface area contributed by atoms with Crippen molar-refractivity contribution < 1.29 is 9.59 Å². The number of rotatable bonds is 3. The van der Waals surface area contributed by atoms with Gasteiger partial charge in [0.05, 0.1) is 5.54 Å². The van der Waals surface area contributed by atoms with Crippen molar-refractivity contribution in [3.05, 3.63) is 24.3 Å². The number of amides is 2. The quantitative estimate of drug-likeness (QED) is 0.791. The average molecular weight is 275 g/mol. The summed E-state index contributed by atoms with van der Waals surface area (Å²) < 4.78 is 0. The number of carbonyl (C=O) groups is 2. The number of nitrogens with one attached hydrogen (secondary N) is 2. The van der Waals surface area contributed by atoms with Crippen molar-refractivity contribution in [2.45, 2.75) is 44.6 Å². The molecule has 0 radical (unpaired) electrons. The Morgan fingerprint density at radius 3 is 2.00 bits per heavy atom. The lowest BCUT2D eigenvalue weighted by Crippen LogP contribution is -2.52. The van der Waals surface area contributed by atoms with E-state index in [9.17, 15) is 9.59 Å². The minimum Gasteiger partial charge on any atom is -0.326 e. The van der Waals surface area contributed by atoms with Gasteiger partial charge in [0.1, 0.15) is 0 Å². The van der Waals surface area contributed by atoms with Gasteiger partial charge in [-0.25, -0.2) is 0 Å². The molecule has 0 unspecified atom stereocenters. The molecule has 1 fully saturated rings. The highest BCUT2D eigenvalue weighted by Gasteiger charge is 2.35. The summed E-state index contributed by atoms with van der Waals surface area (Å²) in [7, 11) is 0. The van der Waals surface area contributed by atoms with Gasteiger partial charge in [0, 0.05) is 18.3 Å². The molecule has 1 saturated carbocycles. The first kappa shape index (κ1) is 14.5. The first-order chi connectivity index (χ1) is 9.49. The molecule has 2 rings (SSSR count). The summed E-state index contributed by atoms with van der Waals surface area (Å²) in [5, 5.41) is 5.54. The lowest BCUT2D eigenvalue weighted by molar-refractivity contribution is -0.122. The van der Waals surface area contributed by atoms with Crippen molar-refractivity contribution in [3.8, 4) is 0 Å². The predicted molar refractivity (Wildman–Crippen MR) is 79.4 cm³/mol. The zero-order chi connectivity index (χ0) is 14.6. The van der Waals surface area contributed by atoms with Crippen LogP contribution in [-0.4, -0.2) is 17.4 Å². The molecule has 0 heterocycles. The van der Waals surface area contributed by atoms with Crippen LogP contribution >= 0.6 is 0 Å². The van der Waals surface area contributed by atoms with E-state index in [-0.39, 0.29) is 11.8 Å². The van der Waals surface area contributed by atoms with Crippen molar-refractivity contribution in [2.75, 3.05) is 10.6 Å². The van der Waals surface area contributed by atoms with Gasteiger partial charge >= 0.3 is 0 Å². The predicted octanol–water partition coefficient (Wildman–Crippen LogP) is 2.25. The minimum absolute atomic E-state index is 0.120. The largest absolute Gasteiger partial charge is 0.326 e. The van der Waals surface area contributed by atoms with Gasteiger partial charge in [-0.3, -0.25) is 9.59 Å². The van der Waals surface area contributed by atoms with Crippen LogP contribution in [0.1, 0.15) is 39.0 Å². The fourth-order valence-corrected chi connectivity index (χ4v) is 2.51. The van der Waals surface area contributed by atoms with Crippen LogP contribution in [0.4, 0.5) is 11.4 Å². The second kappa shape index (κ2) is 6.05. The Bertz CT molecular complexity index is 490. The number of benzene rings is 1. The molecule has 0 aromatic heterocycles. The second-order valence-electron chi connectivity index (χ2n) is 5.43. The van der Waals surface area contributed by atoms with Crippen LogP contribution in [0.2, 0.25) is 0 Å². The molecular formula is C15H21N3O2. The lowest BCUT2D eigenvalue weighted by Gasteiger charge is -2.31. The number of carbonyl (C=O) groups excluding carboxylic acids is 2. The fraction of sp³-hybridized carbons (Fsp3) is 0.467. The smallest absolute Gasteiger partial charge is 0.244 e. The SMILES string of the molecule is CC(=O)Nc1ccc(NC(=O)C2(N)CCCCC2)cc1. The van der Waals surface area contributed by atoms with Gasteiger partial charge in [-0.05, 0) is 37.1 Å². The molecule has 2 amide bonds. The van der Waals surface area contributed by atoms with Crippen molar-refractivity contribution in [3.63, 3.8) is 0 Å². The van der Waals surface area contributed by atoms with Crippen molar-refractivity contribution in [1.29, 1.82) is 0 Å². The Kier molecular flexibility index (Phi) is 4.39. The van der Waals surface area contributed by atoms with Crippen molar-refractivity contribution >= 4 is 23.2 Å². The lowest BCUT2D eigenvalue weighted by atomic mass is 9.82. The van der Waals surface area contributed by atoms with E-state index in [0.29, 0.717) is 11.4 Å². The number of hydrogen-bond acceptors (Lipinski definition) is 3.